The first kappa shape index (κ1) is 19.7. The molecule has 2 saturated heterocycles. The number of carbonyl (C=O) groups excluding carboxylic acids is 2. The molecule has 158 valence electrons. The van der Waals surface area contributed by atoms with Crippen molar-refractivity contribution >= 4 is 22.2 Å². The maximum absolute atomic E-state index is 13.4. The van der Waals surface area contributed by atoms with E-state index >= 15 is 0 Å². The second-order valence-corrected chi connectivity index (χ2v) is 9.25. The summed E-state index contributed by atoms with van der Waals surface area (Å²) in [7, 11) is -5.91. The van der Waals surface area contributed by atoms with E-state index in [-0.39, 0.29) is 51.1 Å². The number of esters is 1. The van der Waals surface area contributed by atoms with Crippen LogP contribution in [0.25, 0.3) is 0 Å². The molecule has 4 aliphatic rings. The molecule has 1 N–H and O–H groups in total. The Morgan fingerprint density at radius 1 is 1.14 bits per heavy atom. The molecule has 2 aliphatic heterocycles. The van der Waals surface area contributed by atoms with Crippen molar-refractivity contribution in [3.63, 3.8) is 0 Å². The highest BCUT2D eigenvalue weighted by atomic mass is 32.2. The summed E-state index contributed by atoms with van der Waals surface area (Å²) in [6.07, 6.45) is -0.733. The standard InChI is InChI=1S/C15H18F2O10S/c16-15(17,28(20,21)22)11(18)27-10-2-9-1-8(10)3-14(9)25-6-13(7-26-14)4-23-12(19)24-5-13/h8-10H,1-7H2,(H,20,21,22). The summed E-state index contributed by atoms with van der Waals surface area (Å²) in [4.78, 5) is 22.5. The van der Waals surface area contributed by atoms with Crippen molar-refractivity contribution in [3.8, 4) is 0 Å². The molecule has 0 radical (unpaired) electrons. The van der Waals surface area contributed by atoms with Crippen molar-refractivity contribution in [2.24, 2.45) is 17.3 Å². The zero-order chi connectivity index (χ0) is 20.4. The molecule has 2 bridgehead atoms. The smallest absolute Gasteiger partial charge is 0.457 e. The molecule has 2 saturated carbocycles. The van der Waals surface area contributed by atoms with E-state index < -0.39 is 44.8 Å². The number of carbonyl (C=O) groups is 2. The van der Waals surface area contributed by atoms with Crippen molar-refractivity contribution < 1.29 is 55.0 Å². The van der Waals surface area contributed by atoms with E-state index in [1.54, 1.807) is 0 Å². The molecule has 0 aromatic carbocycles. The Hall–Kier alpha value is -1.57. The lowest BCUT2D eigenvalue weighted by Crippen LogP contribution is -2.58. The molecule has 13 heteroatoms. The van der Waals surface area contributed by atoms with Gasteiger partial charge < -0.3 is 23.7 Å². The largest absolute Gasteiger partial charge is 0.508 e. The predicted molar refractivity (Wildman–Crippen MR) is 81.6 cm³/mol. The van der Waals surface area contributed by atoms with Crippen LogP contribution in [0, 0.1) is 17.3 Å². The SMILES string of the molecule is O=C1OCC2(CO1)COC1(CC3CC1CC3OC(=O)C(F)(F)S(=O)(=O)O)OC2. The summed E-state index contributed by atoms with van der Waals surface area (Å²) < 4.78 is 82.9. The molecule has 0 amide bonds. The molecule has 0 aromatic heterocycles. The van der Waals surface area contributed by atoms with Gasteiger partial charge in [0.25, 0.3) is 0 Å². The number of alkyl halides is 2. The molecule has 2 aliphatic carbocycles. The summed E-state index contributed by atoms with van der Waals surface area (Å²) in [6.45, 7) is 0.630. The van der Waals surface area contributed by atoms with Gasteiger partial charge in [-0.3, -0.25) is 4.55 Å². The fraction of sp³-hybridized carbons (Fsp3) is 0.867. The molecule has 2 spiro atoms. The van der Waals surface area contributed by atoms with Gasteiger partial charge in [-0.05, 0) is 12.8 Å². The van der Waals surface area contributed by atoms with Gasteiger partial charge in [0, 0.05) is 18.3 Å². The first-order valence-electron chi connectivity index (χ1n) is 8.60. The summed E-state index contributed by atoms with van der Waals surface area (Å²) in [5.74, 6) is -3.84. The molecule has 3 atom stereocenters. The Labute approximate surface area is 158 Å². The van der Waals surface area contributed by atoms with Crippen LogP contribution in [0.3, 0.4) is 0 Å². The van der Waals surface area contributed by atoms with Gasteiger partial charge in [0.1, 0.15) is 19.3 Å². The molecule has 28 heavy (non-hydrogen) atoms. The lowest BCUT2D eigenvalue weighted by molar-refractivity contribution is -0.338. The van der Waals surface area contributed by atoms with Gasteiger partial charge in [-0.2, -0.15) is 17.2 Å². The predicted octanol–water partition coefficient (Wildman–Crippen LogP) is 0.705. The zero-order valence-electron chi connectivity index (χ0n) is 14.5. The van der Waals surface area contributed by atoms with Crippen LogP contribution >= 0.6 is 0 Å². The van der Waals surface area contributed by atoms with Gasteiger partial charge in [-0.25, -0.2) is 9.59 Å². The number of hydrogen-bond acceptors (Lipinski definition) is 9. The Bertz CT molecular complexity index is 777. The lowest BCUT2D eigenvalue weighted by atomic mass is 9.86. The summed E-state index contributed by atoms with van der Waals surface area (Å²) in [5.41, 5.74) is -0.607. The summed E-state index contributed by atoms with van der Waals surface area (Å²) >= 11 is 0. The van der Waals surface area contributed by atoms with Gasteiger partial charge >= 0.3 is 27.5 Å². The minimum absolute atomic E-state index is 0.0982. The highest BCUT2D eigenvalue weighted by Gasteiger charge is 2.63. The van der Waals surface area contributed by atoms with E-state index in [4.69, 9.17) is 23.5 Å². The third-order valence-electron chi connectivity index (χ3n) is 5.86. The van der Waals surface area contributed by atoms with Crippen LogP contribution < -0.4 is 0 Å². The Balaban J connectivity index is 1.36. The van der Waals surface area contributed by atoms with E-state index in [2.05, 4.69) is 4.74 Å². The molecule has 10 nitrogen and oxygen atoms in total. The van der Waals surface area contributed by atoms with Gasteiger partial charge in [0.2, 0.25) is 0 Å². The molecular weight excluding hydrogens is 410 g/mol. The second kappa shape index (κ2) is 6.21. The van der Waals surface area contributed by atoms with Gasteiger partial charge in [0.15, 0.2) is 5.79 Å². The monoisotopic (exact) mass is 428 g/mol. The second-order valence-electron chi connectivity index (χ2n) is 7.78. The van der Waals surface area contributed by atoms with Gasteiger partial charge in [-0.15, -0.1) is 0 Å². The highest BCUT2D eigenvalue weighted by molar-refractivity contribution is 7.87. The third kappa shape index (κ3) is 3.04. The van der Waals surface area contributed by atoms with Crippen molar-refractivity contribution in [1.29, 1.82) is 0 Å². The number of rotatable bonds is 3. The quantitative estimate of drug-likeness (QED) is 0.506. The van der Waals surface area contributed by atoms with Crippen molar-refractivity contribution in [2.45, 2.75) is 36.4 Å². The first-order valence-corrected chi connectivity index (χ1v) is 10.0. The van der Waals surface area contributed by atoms with E-state index in [1.165, 1.54) is 0 Å². The number of ether oxygens (including phenoxy) is 5. The number of hydrogen-bond donors (Lipinski definition) is 1. The topological polar surface area (TPSA) is 135 Å². The molecule has 4 rings (SSSR count). The van der Waals surface area contributed by atoms with E-state index in [0.717, 1.165) is 0 Å². The summed E-state index contributed by atoms with van der Waals surface area (Å²) in [6, 6.07) is 0. The van der Waals surface area contributed by atoms with E-state index in [9.17, 15) is 26.8 Å². The van der Waals surface area contributed by atoms with E-state index in [0.29, 0.717) is 6.42 Å². The van der Waals surface area contributed by atoms with Crippen LogP contribution in [0.5, 0.6) is 0 Å². The van der Waals surface area contributed by atoms with E-state index in [1.807, 2.05) is 0 Å². The minimum Gasteiger partial charge on any atom is -0.457 e. The van der Waals surface area contributed by atoms with Crippen LogP contribution in [0.1, 0.15) is 19.3 Å². The lowest BCUT2D eigenvalue weighted by Gasteiger charge is -2.48. The Morgan fingerprint density at radius 3 is 2.25 bits per heavy atom. The van der Waals surface area contributed by atoms with Crippen molar-refractivity contribution in [1.82, 2.24) is 0 Å². The van der Waals surface area contributed by atoms with Crippen LogP contribution in [0.4, 0.5) is 13.6 Å². The molecule has 4 fully saturated rings. The van der Waals surface area contributed by atoms with Crippen LogP contribution in [0.15, 0.2) is 0 Å². The number of fused-ring (bicyclic) bond motifs is 3. The van der Waals surface area contributed by atoms with Crippen LogP contribution in [0.2, 0.25) is 0 Å². The minimum atomic E-state index is -5.91. The summed E-state index contributed by atoms with van der Waals surface area (Å²) in [5, 5.41) is -5.02. The van der Waals surface area contributed by atoms with Gasteiger partial charge in [0.05, 0.1) is 18.6 Å². The number of halogens is 2. The molecule has 0 aromatic rings. The maximum Gasteiger partial charge on any atom is 0.508 e. The normalized spacial score (nSPS) is 33.5. The first-order chi connectivity index (χ1) is 13.0. The average Bonchev–Trinajstić information content (AvgIpc) is 3.17. The zero-order valence-corrected chi connectivity index (χ0v) is 15.3. The molecule has 3 unspecified atom stereocenters. The van der Waals surface area contributed by atoms with Crippen LogP contribution in [-0.2, 0) is 38.6 Å². The fourth-order valence-corrected chi connectivity index (χ4v) is 4.57. The fourth-order valence-electron chi connectivity index (χ4n) is 4.31. The molecular formula is C15H18F2O10S. The average molecular weight is 428 g/mol. The van der Waals surface area contributed by atoms with Crippen LogP contribution in [-0.4, -0.2) is 68.7 Å². The third-order valence-corrected chi connectivity index (χ3v) is 6.67. The Morgan fingerprint density at radius 2 is 1.75 bits per heavy atom. The maximum atomic E-state index is 13.4. The molecule has 2 heterocycles. The van der Waals surface area contributed by atoms with Gasteiger partial charge in [-0.1, -0.05) is 0 Å². The number of cyclic esters (lactones) is 2. The van der Waals surface area contributed by atoms with Crippen molar-refractivity contribution in [3.05, 3.63) is 0 Å². The highest BCUT2D eigenvalue weighted by Crippen LogP contribution is 2.56. The Kier molecular flexibility index (Phi) is 4.38. The van der Waals surface area contributed by atoms with Crippen molar-refractivity contribution in [2.75, 3.05) is 26.4 Å².